The van der Waals surface area contributed by atoms with E-state index in [1.807, 2.05) is 0 Å². The fourth-order valence-corrected chi connectivity index (χ4v) is 2.93. The zero-order valence-electron chi connectivity index (χ0n) is 12.9. The van der Waals surface area contributed by atoms with Gasteiger partial charge >= 0.3 is 0 Å². The average molecular weight is 281 g/mol. The summed E-state index contributed by atoms with van der Waals surface area (Å²) in [4.78, 5) is 4.54. The highest BCUT2D eigenvalue weighted by atomic mass is 16.5. The average Bonchev–Trinajstić information content (AvgIpc) is 2.96. The van der Waals surface area contributed by atoms with Crippen LogP contribution in [0.4, 0.5) is 0 Å². The SMILES string of the molecule is CCCNC(C)c1nc(C(OC)C2CCCCC2)no1. The Morgan fingerprint density at radius 1 is 1.35 bits per heavy atom. The monoisotopic (exact) mass is 281 g/mol. The summed E-state index contributed by atoms with van der Waals surface area (Å²) in [6.07, 6.45) is 7.37. The minimum absolute atomic E-state index is 0.0221. The molecule has 1 saturated carbocycles. The number of hydrogen-bond donors (Lipinski definition) is 1. The fourth-order valence-electron chi connectivity index (χ4n) is 2.93. The van der Waals surface area contributed by atoms with E-state index in [-0.39, 0.29) is 12.1 Å². The quantitative estimate of drug-likeness (QED) is 0.830. The molecule has 0 bridgehead atoms. The minimum Gasteiger partial charge on any atom is -0.373 e. The van der Waals surface area contributed by atoms with Crippen LogP contribution in [0, 0.1) is 5.92 Å². The van der Waals surface area contributed by atoms with E-state index < -0.39 is 0 Å². The van der Waals surface area contributed by atoms with Gasteiger partial charge in [0.15, 0.2) is 0 Å². The second-order valence-electron chi connectivity index (χ2n) is 5.72. The molecule has 0 radical (unpaired) electrons. The predicted octanol–water partition coefficient (Wildman–Crippen LogP) is 3.40. The lowest BCUT2D eigenvalue weighted by atomic mass is 9.85. The van der Waals surface area contributed by atoms with Crippen LogP contribution < -0.4 is 5.32 Å². The Hall–Kier alpha value is -0.940. The molecule has 2 unspecified atom stereocenters. The fraction of sp³-hybridized carbons (Fsp3) is 0.867. The van der Waals surface area contributed by atoms with Crippen molar-refractivity contribution in [3.8, 4) is 0 Å². The van der Waals surface area contributed by atoms with Crippen LogP contribution in [0.15, 0.2) is 4.52 Å². The molecule has 1 N–H and O–H groups in total. The van der Waals surface area contributed by atoms with Crippen LogP contribution in [-0.2, 0) is 4.74 Å². The Balaban J connectivity index is 2.01. The number of methoxy groups -OCH3 is 1. The van der Waals surface area contributed by atoms with Gasteiger partial charge in [0.25, 0.3) is 0 Å². The molecular weight excluding hydrogens is 254 g/mol. The molecule has 0 spiro atoms. The molecule has 0 aromatic carbocycles. The summed E-state index contributed by atoms with van der Waals surface area (Å²) in [5.74, 6) is 1.89. The largest absolute Gasteiger partial charge is 0.373 e. The van der Waals surface area contributed by atoms with Gasteiger partial charge in [-0.25, -0.2) is 0 Å². The summed E-state index contributed by atoms with van der Waals surface area (Å²) in [7, 11) is 1.74. The second-order valence-corrected chi connectivity index (χ2v) is 5.72. The van der Waals surface area contributed by atoms with Gasteiger partial charge in [0, 0.05) is 7.11 Å². The maximum Gasteiger partial charge on any atom is 0.243 e. The predicted molar refractivity (Wildman–Crippen MR) is 77.3 cm³/mol. The van der Waals surface area contributed by atoms with Gasteiger partial charge < -0.3 is 14.6 Å². The summed E-state index contributed by atoms with van der Waals surface area (Å²) in [5.41, 5.74) is 0. The molecule has 1 aromatic heterocycles. The van der Waals surface area contributed by atoms with Crippen LogP contribution in [0.5, 0.6) is 0 Å². The van der Waals surface area contributed by atoms with E-state index in [1.54, 1.807) is 7.11 Å². The molecule has 0 aliphatic heterocycles. The molecule has 1 aliphatic carbocycles. The molecule has 2 rings (SSSR count). The van der Waals surface area contributed by atoms with Crippen molar-refractivity contribution in [2.24, 2.45) is 5.92 Å². The summed E-state index contributed by atoms with van der Waals surface area (Å²) < 4.78 is 11.0. The molecule has 0 amide bonds. The zero-order chi connectivity index (χ0) is 14.4. The topological polar surface area (TPSA) is 60.2 Å². The van der Waals surface area contributed by atoms with Gasteiger partial charge in [-0.15, -0.1) is 0 Å². The summed E-state index contributed by atoms with van der Waals surface area (Å²) >= 11 is 0. The van der Waals surface area contributed by atoms with Gasteiger partial charge in [-0.1, -0.05) is 31.3 Å². The molecular formula is C15H27N3O2. The lowest BCUT2D eigenvalue weighted by Crippen LogP contribution is -2.21. The molecule has 20 heavy (non-hydrogen) atoms. The first-order valence-corrected chi connectivity index (χ1v) is 7.86. The number of hydrogen-bond acceptors (Lipinski definition) is 5. The Labute approximate surface area is 121 Å². The molecule has 1 aromatic rings. The van der Waals surface area contributed by atoms with Crippen molar-refractivity contribution in [1.29, 1.82) is 0 Å². The van der Waals surface area contributed by atoms with E-state index in [2.05, 4.69) is 29.3 Å². The summed E-state index contributed by atoms with van der Waals surface area (Å²) in [6, 6.07) is 0.0973. The first kappa shape index (κ1) is 15.4. The maximum atomic E-state index is 5.64. The normalized spacial score (nSPS) is 19.9. The van der Waals surface area contributed by atoms with Crippen LogP contribution in [-0.4, -0.2) is 23.8 Å². The zero-order valence-corrected chi connectivity index (χ0v) is 12.9. The van der Waals surface area contributed by atoms with E-state index in [9.17, 15) is 0 Å². The minimum atomic E-state index is -0.0221. The molecule has 1 aliphatic rings. The van der Waals surface area contributed by atoms with Crippen LogP contribution in [0.25, 0.3) is 0 Å². The van der Waals surface area contributed by atoms with Gasteiger partial charge in [0.1, 0.15) is 6.10 Å². The molecule has 2 atom stereocenters. The highest BCUT2D eigenvalue weighted by Gasteiger charge is 2.29. The van der Waals surface area contributed by atoms with Gasteiger partial charge in [0.2, 0.25) is 11.7 Å². The van der Waals surface area contributed by atoms with Crippen LogP contribution in [0.1, 0.15) is 76.2 Å². The molecule has 1 heterocycles. The molecule has 114 valence electrons. The number of ether oxygens (including phenoxy) is 1. The third kappa shape index (κ3) is 3.79. The van der Waals surface area contributed by atoms with Gasteiger partial charge in [-0.3, -0.25) is 0 Å². The maximum absolute atomic E-state index is 5.64. The number of nitrogens with one attached hydrogen (secondary N) is 1. The number of rotatable bonds is 7. The third-order valence-corrected chi connectivity index (χ3v) is 4.11. The van der Waals surface area contributed by atoms with Crippen molar-refractivity contribution in [3.63, 3.8) is 0 Å². The van der Waals surface area contributed by atoms with E-state index in [4.69, 9.17) is 9.26 Å². The van der Waals surface area contributed by atoms with Gasteiger partial charge in [0.05, 0.1) is 6.04 Å². The van der Waals surface area contributed by atoms with Crippen LogP contribution >= 0.6 is 0 Å². The van der Waals surface area contributed by atoms with E-state index in [1.165, 1.54) is 32.1 Å². The van der Waals surface area contributed by atoms with E-state index in [0.29, 0.717) is 17.6 Å². The lowest BCUT2D eigenvalue weighted by Gasteiger charge is -2.26. The highest BCUT2D eigenvalue weighted by molar-refractivity contribution is 4.97. The molecule has 1 fully saturated rings. The summed E-state index contributed by atoms with van der Waals surface area (Å²) in [5, 5.41) is 7.50. The Kier molecular flexibility index (Phi) is 5.98. The highest BCUT2D eigenvalue weighted by Crippen LogP contribution is 2.35. The Bertz CT molecular complexity index is 388. The lowest BCUT2D eigenvalue weighted by molar-refractivity contribution is 0.0273. The Morgan fingerprint density at radius 3 is 2.75 bits per heavy atom. The van der Waals surface area contributed by atoms with E-state index >= 15 is 0 Å². The van der Waals surface area contributed by atoms with Gasteiger partial charge in [-0.05, 0) is 38.6 Å². The molecule has 5 nitrogen and oxygen atoms in total. The van der Waals surface area contributed by atoms with Crippen molar-refractivity contribution < 1.29 is 9.26 Å². The van der Waals surface area contributed by atoms with Crippen molar-refractivity contribution in [2.75, 3.05) is 13.7 Å². The summed E-state index contributed by atoms with van der Waals surface area (Å²) in [6.45, 7) is 5.15. The van der Waals surface area contributed by atoms with E-state index in [0.717, 1.165) is 13.0 Å². The van der Waals surface area contributed by atoms with Gasteiger partial charge in [-0.2, -0.15) is 4.98 Å². The van der Waals surface area contributed by atoms with Crippen LogP contribution in [0.3, 0.4) is 0 Å². The standard InChI is InChI=1S/C15H27N3O2/c1-4-10-16-11(2)15-17-14(18-20-15)13(19-3)12-8-6-5-7-9-12/h11-13,16H,4-10H2,1-3H3. The third-order valence-electron chi connectivity index (χ3n) is 4.11. The van der Waals surface area contributed by atoms with Crippen molar-refractivity contribution >= 4 is 0 Å². The number of aromatic nitrogens is 2. The van der Waals surface area contributed by atoms with Crippen molar-refractivity contribution in [2.45, 2.75) is 64.5 Å². The first-order valence-electron chi connectivity index (χ1n) is 7.86. The molecule has 0 saturated heterocycles. The Morgan fingerprint density at radius 2 is 2.10 bits per heavy atom. The van der Waals surface area contributed by atoms with Crippen LogP contribution in [0.2, 0.25) is 0 Å². The first-order chi connectivity index (χ1) is 9.76. The molecule has 5 heteroatoms. The van der Waals surface area contributed by atoms with Crippen molar-refractivity contribution in [3.05, 3.63) is 11.7 Å². The number of nitrogens with zero attached hydrogens (tertiary/aromatic N) is 2. The second kappa shape index (κ2) is 7.74. The smallest absolute Gasteiger partial charge is 0.243 e. The van der Waals surface area contributed by atoms with Crippen molar-refractivity contribution in [1.82, 2.24) is 15.5 Å².